The van der Waals surface area contributed by atoms with Crippen molar-refractivity contribution >= 4 is 13.3 Å². The van der Waals surface area contributed by atoms with Gasteiger partial charge in [0, 0.05) is 0 Å². The van der Waals surface area contributed by atoms with Crippen LogP contribution in [-0.4, -0.2) is 13.2 Å². The van der Waals surface area contributed by atoms with E-state index in [9.17, 15) is 5.11 Å². The second kappa shape index (κ2) is 7.02. The molecule has 0 saturated heterocycles. The number of aliphatic hydroxyl groups is 1. The predicted molar refractivity (Wildman–Crippen MR) is 103 cm³/mol. The Balaban J connectivity index is 2.30. The molecule has 0 aromatic heterocycles. The van der Waals surface area contributed by atoms with Gasteiger partial charge in [0.25, 0.3) is 0 Å². The predicted octanol–water partition coefficient (Wildman–Crippen LogP) is 4.93. The van der Waals surface area contributed by atoms with E-state index in [1.165, 1.54) is 5.19 Å². The van der Waals surface area contributed by atoms with Crippen LogP contribution in [0.3, 0.4) is 0 Å². The summed E-state index contributed by atoms with van der Waals surface area (Å²) in [5, 5.41) is 12.9. The molecule has 0 heterocycles. The van der Waals surface area contributed by atoms with E-state index >= 15 is 0 Å². The van der Waals surface area contributed by atoms with Crippen molar-refractivity contribution in [3.05, 3.63) is 66.2 Å². The van der Waals surface area contributed by atoms with E-state index < -0.39 is 13.7 Å². The summed E-state index contributed by atoms with van der Waals surface area (Å²) in [5.74, 6) is 0.188. The van der Waals surface area contributed by atoms with Crippen molar-refractivity contribution in [3.8, 4) is 0 Å². The van der Waals surface area contributed by atoms with Gasteiger partial charge in [0.2, 0.25) is 0 Å². The molecule has 1 N–H and O–H groups in total. The maximum atomic E-state index is 11.5. The Kier molecular flexibility index (Phi) is 5.48. The molecule has 0 aliphatic heterocycles. The van der Waals surface area contributed by atoms with Crippen molar-refractivity contribution in [1.29, 1.82) is 0 Å². The summed E-state index contributed by atoms with van der Waals surface area (Å²) in [6.07, 6.45) is 0.808. The highest BCUT2D eigenvalue weighted by Crippen LogP contribution is 2.40. The van der Waals surface area contributed by atoms with Gasteiger partial charge in [0.05, 0.1) is 13.7 Å². The standard InChI is InChI=1S/C21H30OSi/c1-17(2)21(22,19-12-8-6-9-13-19)16-18(3)23(4,5)20-14-10-7-11-15-20/h6-15,17-18,22H,16H2,1-5H3/t18-,21-/m0/s1. The van der Waals surface area contributed by atoms with Crippen LogP contribution in [0.5, 0.6) is 0 Å². The first-order chi connectivity index (χ1) is 10.8. The maximum absolute atomic E-state index is 11.5. The second-order valence-electron chi connectivity index (χ2n) is 7.64. The first-order valence-electron chi connectivity index (χ1n) is 8.62. The molecule has 0 radical (unpaired) electrons. The molecule has 1 nitrogen and oxygen atoms in total. The van der Waals surface area contributed by atoms with Crippen molar-refractivity contribution in [2.75, 3.05) is 0 Å². The third-order valence-electron chi connectivity index (χ3n) is 5.60. The molecule has 0 saturated carbocycles. The molecule has 0 aliphatic rings. The second-order valence-corrected chi connectivity index (χ2v) is 12.6. The largest absolute Gasteiger partial charge is 0.385 e. The van der Waals surface area contributed by atoms with Gasteiger partial charge in [0.1, 0.15) is 0 Å². The van der Waals surface area contributed by atoms with Crippen molar-refractivity contribution in [3.63, 3.8) is 0 Å². The van der Waals surface area contributed by atoms with Crippen LogP contribution in [0.2, 0.25) is 18.6 Å². The lowest BCUT2D eigenvalue weighted by Crippen LogP contribution is -2.48. The Morgan fingerprint density at radius 1 is 0.870 bits per heavy atom. The smallest absolute Gasteiger partial charge is 0.0919 e. The molecular formula is C21H30OSi. The minimum atomic E-state index is -1.63. The maximum Gasteiger partial charge on any atom is 0.0919 e. The van der Waals surface area contributed by atoms with E-state index in [0.29, 0.717) is 5.54 Å². The molecule has 0 spiro atoms. The van der Waals surface area contributed by atoms with E-state index in [0.717, 1.165) is 12.0 Å². The van der Waals surface area contributed by atoms with Gasteiger partial charge in [-0.05, 0) is 23.4 Å². The Morgan fingerprint density at radius 3 is 1.83 bits per heavy atom. The molecule has 2 aromatic carbocycles. The van der Waals surface area contributed by atoms with Gasteiger partial charge < -0.3 is 5.11 Å². The van der Waals surface area contributed by atoms with Crippen molar-refractivity contribution < 1.29 is 5.11 Å². The highest BCUT2D eigenvalue weighted by atomic mass is 28.3. The summed E-state index contributed by atoms with van der Waals surface area (Å²) >= 11 is 0. The lowest BCUT2D eigenvalue weighted by atomic mass is 9.80. The van der Waals surface area contributed by atoms with E-state index in [1.54, 1.807) is 0 Å². The third kappa shape index (κ3) is 3.76. The minimum Gasteiger partial charge on any atom is -0.385 e. The fraction of sp³-hybridized carbons (Fsp3) is 0.429. The van der Waals surface area contributed by atoms with Crippen LogP contribution < -0.4 is 5.19 Å². The zero-order valence-corrected chi connectivity index (χ0v) is 16.1. The van der Waals surface area contributed by atoms with Gasteiger partial charge in [-0.1, -0.05) is 99.7 Å². The lowest BCUT2D eigenvalue weighted by Gasteiger charge is -2.40. The molecule has 2 aromatic rings. The van der Waals surface area contributed by atoms with Crippen LogP contribution in [-0.2, 0) is 5.60 Å². The molecule has 0 bridgehead atoms. The highest BCUT2D eigenvalue weighted by molar-refractivity contribution is 6.90. The van der Waals surface area contributed by atoms with E-state index in [2.05, 4.69) is 76.3 Å². The van der Waals surface area contributed by atoms with Crippen LogP contribution >= 0.6 is 0 Å². The number of rotatable bonds is 6. The summed E-state index contributed by atoms with van der Waals surface area (Å²) < 4.78 is 0. The molecule has 0 amide bonds. The van der Waals surface area contributed by atoms with Gasteiger partial charge in [-0.2, -0.15) is 0 Å². The summed E-state index contributed by atoms with van der Waals surface area (Å²) in [6.45, 7) is 11.4. The average molecular weight is 327 g/mol. The van der Waals surface area contributed by atoms with Gasteiger partial charge in [0.15, 0.2) is 0 Å². The topological polar surface area (TPSA) is 20.2 Å². The van der Waals surface area contributed by atoms with Crippen LogP contribution in [0.25, 0.3) is 0 Å². The van der Waals surface area contributed by atoms with Crippen LogP contribution in [0.1, 0.15) is 32.8 Å². The lowest BCUT2D eigenvalue weighted by molar-refractivity contribution is -0.0194. The zero-order valence-electron chi connectivity index (χ0n) is 15.1. The third-order valence-corrected chi connectivity index (χ3v) is 10.1. The molecule has 0 fully saturated rings. The molecule has 23 heavy (non-hydrogen) atoms. The van der Waals surface area contributed by atoms with Gasteiger partial charge in [-0.3, -0.25) is 0 Å². The Labute approximate surface area is 142 Å². The fourth-order valence-corrected chi connectivity index (χ4v) is 5.73. The zero-order chi connectivity index (χ0) is 17.1. The molecule has 0 unspecified atom stereocenters. The van der Waals surface area contributed by atoms with Crippen LogP contribution in [0.4, 0.5) is 0 Å². The Morgan fingerprint density at radius 2 is 1.35 bits per heavy atom. The average Bonchev–Trinajstić information content (AvgIpc) is 2.56. The Hall–Kier alpha value is -1.38. The fourth-order valence-electron chi connectivity index (χ4n) is 3.29. The first-order valence-corrected chi connectivity index (χ1v) is 11.7. The van der Waals surface area contributed by atoms with Gasteiger partial charge in [-0.15, -0.1) is 0 Å². The summed E-state index contributed by atoms with van der Waals surface area (Å²) in [7, 11) is -1.63. The summed E-state index contributed by atoms with van der Waals surface area (Å²) in [6, 6.07) is 21.0. The molecule has 0 aliphatic carbocycles. The van der Waals surface area contributed by atoms with Gasteiger partial charge in [-0.25, -0.2) is 0 Å². The molecular weight excluding hydrogens is 296 g/mol. The molecule has 2 heteroatoms. The summed E-state index contributed by atoms with van der Waals surface area (Å²) in [5.41, 5.74) is 0.761. The van der Waals surface area contributed by atoms with Gasteiger partial charge >= 0.3 is 0 Å². The van der Waals surface area contributed by atoms with Crippen molar-refractivity contribution in [2.45, 2.75) is 51.4 Å². The van der Waals surface area contributed by atoms with E-state index in [4.69, 9.17) is 0 Å². The van der Waals surface area contributed by atoms with E-state index in [-0.39, 0.29) is 5.92 Å². The monoisotopic (exact) mass is 326 g/mol. The SMILES string of the molecule is CC(C)[C@@](O)(C[C@H](C)[Si](C)(C)c1ccccc1)c1ccccc1. The number of hydrogen-bond acceptors (Lipinski definition) is 1. The number of benzene rings is 2. The van der Waals surface area contributed by atoms with Crippen LogP contribution in [0.15, 0.2) is 60.7 Å². The van der Waals surface area contributed by atoms with E-state index in [1.807, 2.05) is 18.2 Å². The number of hydrogen-bond donors (Lipinski definition) is 1. The highest BCUT2D eigenvalue weighted by Gasteiger charge is 2.40. The van der Waals surface area contributed by atoms with Crippen molar-refractivity contribution in [1.82, 2.24) is 0 Å². The minimum absolute atomic E-state index is 0.188. The summed E-state index contributed by atoms with van der Waals surface area (Å²) in [4.78, 5) is 0. The molecule has 2 rings (SSSR count). The van der Waals surface area contributed by atoms with Crippen molar-refractivity contribution in [2.24, 2.45) is 5.92 Å². The first kappa shape index (κ1) is 18.0. The normalized spacial score (nSPS) is 16.1. The molecule has 2 atom stereocenters. The molecule has 124 valence electrons. The quantitative estimate of drug-likeness (QED) is 0.747. The Bertz CT molecular complexity index is 606. The van der Waals surface area contributed by atoms with Crippen LogP contribution in [0, 0.1) is 5.92 Å².